The lowest BCUT2D eigenvalue weighted by Gasteiger charge is -2.21. The Hall–Kier alpha value is -3.51. The molecule has 1 atom stereocenters. The average molecular weight is 354 g/mol. The Morgan fingerprint density at radius 1 is 0.889 bits per heavy atom. The van der Waals surface area contributed by atoms with Gasteiger partial charge in [0.15, 0.2) is 0 Å². The third-order valence-corrected chi connectivity index (χ3v) is 4.52. The molecule has 0 fully saturated rings. The van der Waals surface area contributed by atoms with Crippen molar-refractivity contribution in [1.82, 2.24) is 0 Å². The summed E-state index contributed by atoms with van der Waals surface area (Å²) in [6.07, 6.45) is -0.634. The van der Waals surface area contributed by atoms with E-state index in [1.165, 1.54) is 0 Å². The first-order valence-corrected chi connectivity index (χ1v) is 8.83. The van der Waals surface area contributed by atoms with Gasteiger partial charge in [-0.1, -0.05) is 65.9 Å². The zero-order valence-corrected chi connectivity index (χ0v) is 14.9. The average Bonchev–Trinajstić information content (AvgIpc) is 2.67. The van der Waals surface area contributed by atoms with Gasteiger partial charge in [0.1, 0.15) is 11.9 Å². The van der Waals surface area contributed by atoms with E-state index in [1.807, 2.05) is 67.6 Å². The quantitative estimate of drug-likeness (QED) is 0.360. The molecular formula is C24H18O3. The third kappa shape index (κ3) is 3.86. The van der Waals surface area contributed by atoms with Gasteiger partial charge in [-0.15, -0.1) is 0 Å². The van der Waals surface area contributed by atoms with Crippen molar-refractivity contribution in [2.45, 2.75) is 19.4 Å². The first-order chi connectivity index (χ1) is 13.2. The number of carbonyl (C=O) groups excluding carboxylic acids is 1. The standard InChI is InChI=1S/C24H18O3/c1-17-10-14-21(15-11-17)26-24(25)27-23-16-20-8-3-2-6-18(20)12-13-19-7-4-5-9-22(19)23/h2-11,14-15,23H,16H2,1H3. The Bertz CT molecular complexity index is 1040. The molecule has 3 heteroatoms. The minimum absolute atomic E-state index is 0.463. The van der Waals surface area contributed by atoms with E-state index in [9.17, 15) is 4.79 Å². The van der Waals surface area contributed by atoms with Crippen molar-refractivity contribution in [3.05, 3.63) is 101 Å². The van der Waals surface area contributed by atoms with Crippen LogP contribution in [0.1, 0.15) is 33.9 Å². The first-order valence-electron chi connectivity index (χ1n) is 8.83. The number of rotatable bonds is 2. The van der Waals surface area contributed by atoms with Gasteiger partial charge in [0.25, 0.3) is 0 Å². The summed E-state index contributed by atoms with van der Waals surface area (Å²) in [6, 6.07) is 23.0. The fourth-order valence-electron chi connectivity index (χ4n) is 3.10. The number of ether oxygens (including phenoxy) is 2. The zero-order chi connectivity index (χ0) is 18.6. The van der Waals surface area contributed by atoms with Gasteiger partial charge in [-0.05, 0) is 36.8 Å². The largest absolute Gasteiger partial charge is 0.514 e. The molecule has 132 valence electrons. The van der Waals surface area contributed by atoms with E-state index in [0.29, 0.717) is 12.2 Å². The second-order valence-corrected chi connectivity index (χ2v) is 6.47. The van der Waals surface area contributed by atoms with E-state index in [4.69, 9.17) is 9.47 Å². The van der Waals surface area contributed by atoms with Crippen LogP contribution < -0.4 is 4.74 Å². The second kappa shape index (κ2) is 7.39. The van der Waals surface area contributed by atoms with Gasteiger partial charge in [0.05, 0.1) is 0 Å². The predicted octanol–water partition coefficient (Wildman–Crippen LogP) is 5.21. The van der Waals surface area contributed by atoms with Crippen molar-refractivity contribution < 1.29 is 14.3 Å². The minimum atomic E-state index is -0.718. The monoisotopic (exact) mass is 354 g/mol. The van der Waals surface area contributed by atoms with Crippen molar-refractivity contribution in [2.24, 2.45) is 0 Å². The highest BCUT2D eigenvalue weighted by Gasteiger charge is 2.23. The van der Waals surface area contributed by atoms with E-state index in [0.717, 1.165) is 27.8 Å². The van der Waals surface area contributed by atoms with Crippen LogP contribution in [-0.2, 0) is 11.2 Å². The highest BCUT2D eigenvalue weighted by atomic mass is 16.7. The van der Waals surface area contributed by atoms with E-state index in [1.54, 1.807) is 12.1 Å². The molecule has 0 radical (unpaired) electrons. The molecule has 1 unspecified atom stereocenters. The number of hydrogen-bond donors (Lipinski definition) is 0. The minimum Gasteiger partial charge on any atom is -0.425 e. The summed E-state index contributed by atoms with van der Waals surface area (Å²) in [7, 11) is 0. The maximum absolute atomic E-state index is 12.4. The Morgan fingerprint density at radius 2 is 1.56 bits per heavy atom. The van der Waals surface area contributed by atoms with Gasteiger partial charge >= 0.3 is 6.16 Å². The maximum atomic E-state index is 12.4. The van der Waals surface area contributed by atoms with Crippen molar-refractivity contribution in [2.75, 3.05) is 0 Å². The molecule has 0 aliphatic heterocycles. The molecule has 1 aliphatic rings. The van der Waals surface area contributed by atoms with Crippen molar-refractivity contribution >= 4 is 6.16 Å². The summed E-state index contributed by atoms with van der Waals surface area (Å²) in [5.74, 6) is 6.88. The summed E-state index contributed by atoms with van der Waals surface area (Å²) in [4.78, 5) is 12.4. The molecule has 3 aromatic carbocycles. The summed E-state index contributed by atoms with van der Waals surface area (Å²) >= 11 is 0. The second-order valence-electron chi connectivity index (χ2n) is 6.47. The van der Waals surface area contributed by atoms with Crippen LogP contribution in [-0.4, -0.2) is 6.16 Å². The highest BCUT2D eigenvalue weighted by molar-refractivity contribution is 5.65. The predicted molar refractivity (Wildman–Crippen MR) is 104 cm³/mol. The Balaban J connectivity index is 1.62. The Labute approximate surface area is 158 Å². The van der Waals surface area contributed by atoms with Crippen LogP contribution in [0.25, 0.3) is 0 Å². The van der Waals surface area contributed by atoms with Crippen LogP contribution in [0.2, 0.25) is 0 Å². The molecule has 0 N–H and O–H groups in total. The van der Waals surface area contributed by atoms with Crippen molar-refractivity contribution in [3.63, 3.8) is 0 Å². The lowest BCUT2D eigenvalue weighted by Crippen LogP contribution is -2.19. The third-order valence-electron chi connectivity index (χ3n) is 4.52. The molecule has 1 aliphatic carbocycles. The van der Waals surface area contributed by atoms with Crippen LogP contribution >= 0.6 is 0 Å². The Morgan fingerprint density at radius 3 is 2.37 bits per heavy atom. The molecule has 3 nitrogen and oxygen atoms in total. The number of hydrogen-bond acceptors (Lipinski definition) is 3. The molecule has 0 saturated heterocycles. The van der Waals surface area contributed by atoms with Gasteiger partial charge in [-0.2, -0.15) is 0 Å². The Kier molecular flexibility index (Phi) is 4.63. The highest BCUT2D eigenvalue weighted by Crippen LogP contribution is 2.29. The van der Waals surface area contributed by atoms with E-state index < -0.39 is 12.3 Å². The number of fused-ring (bicyclic) bond motifs is 2. The van der Waals surface area contributed by atoms with E-state index in [2.05, 4.69) is 11.8 Å². The van der Waals surface area contributed by atoms with Crippen LogP contribution in [0, 0.1) is 18.8 Å². The molecule has 0 saturated carbocycles. The summed E-state index contributed by atoms with van der Waals surface area (Å²) in [5.41, 5.74) is 4.85. The molecule has 27 heavy (non-hydrogen) atoms. The smallest absolute Gasteiger partial charge is 0.425 e. The van der Waals surface area contributed by atoms with Gasteiger partial charge in [0.2, 0.25) is 0 Å². The van der Waals surface area contributed by atoms with E-state index in [-0.39, 0.29) is 0 Å². The van der Waals surface area contributed by atoms with Crippen molar-refractivity contribution in [1.29, 1.82) is 0 Å². The molecule has 0 heterocycles. The summed E-state index contributed by atoms with van der Waals surface area (Å²) < 4.78 is 11.1. The molecule has 4 rings (SSSR count). The molecule has 3 aromatic rings. The molecule has 0 bridgehead atoms. The lowest BCUT2D eigenvalue weighted by atomic mass is 9.92. The number of carbonyl (C=O) groups is 1. The van der Waals surface area contributed by atoms with Crippen molar-refractivity contribution in [3.8, 4) is 17.6 Å². The van der Waals surface area contributed by atoms with Gasteiger partial charge in [-0.3, -0.25) is 0 Å². The maximum Gasteiger partial charge on any atom is 0.514 e. The number of aryl methyl sites for hydroxylation is 1. The molecule has 0 aromatic heterocycles. The normalized spacial score (nSPS) is 14.5. The van der Waals surface area contributed by atoms with Crippen LogP contribution in [0.5, 0.6) is 5.75 Å². The first kappa shape index (κ1) is 16.9. The summed E-state index contributed by atoms with van der Waals surface area (Å²) in [6.45, 7) is 1.98. The SMILES string of the molecule is Cc1ccc(OC(=O)OC2Cc3ccccc3C#Cc3ccccc32)cc1. The molecule has 0 amide bonds. The van der Waals surface area contributed by atoms with Gasteiger partial charge < -0.3 is 9.47 Å². The number of benzene rings is 3. The van der Waals surface area contributed by atoms with Gasteiger partial charge in [-0.25, -0.2) is 4.79 Å². The van der Waals surface area contributed by atoms with Crippen LogP contribution in [0.4, 0.5) is 4.79 Å². The summed E-state index contributed by atoms with van der Waals surface area (Å²) in [5, 5.41) is 0. The topological polar surface area (TPSA) is 35.5 Å². The molecule has 0 spiro atoms. The lowest BCUT2D eigenvalue weighted by molar-refractivity contribution is 0.0577. The zero-order valence-electron chi connectivity index (χ0n) is 14.9. The van der Waals surface area contributed by atoms with E-state index >= 15 is 0 Å². The van der Waals surface area contributed by atoms with Crippen LogP contribution in [0.3, 0.4) is 0 Å². The fourth-order valence-corrected chi connectivity index (χ4v) is 3.10. The van der Waals surface area contributed by atoms with Gasteiger partial charge in [0, 0.05) is 23.1 Å². The molecular weight excluding hydrogens is 336 g/mol. The van der Waals surface area contributed by atoms with Crippen LogP contribution in [0.15, 0.2) is 72.8 Å². The fraction of sp³-hybridized carbons (Fsp3) is 0.125.